The summed E-state index contributed by atoms with van der Waals surface area (Å²) in [7, 11) is 0. The predicted octanol–water partition coefficient (Wildman–Crippen LogP) is 1.97. The number of carbonyl (C=O) groups is 1. The van der Waals surface area contributed by atoms with Crippen LogP contribution >= 0.6 is 0 Å². The van der Waals surface area contributed by atoms with Gasteiger partial charge in [0.2, 0.25) is 0 Å². The number of rotatable bonds is 4. The monoisotopic (exact) mass is 493 g/mol. The molecule has 1 unspecified atom stereocenters. The lowest BCUT2D eigenvalue weighted by molar-refractivity contribution is -0.172. The Labute approximate surface area is 206 Å². The van der Waals surface area contributed by atoms with Crippen LogP contribution in [0.15, 0.2) is 16.9 Å². The van der Waals surface area contributed by atoms with Gasteiger partial charge in [-0.3, -0.25) is 4.79 Å². The first-order valence-electron chi connectivity index (χ1n) is 12.4. The number of aromatic nitrogens is 2. The highest BCUT2D eigenvalue weighted by Gasteiger charge is 2.45. The van der Waals surface area contributed by atoms with Crippen LogP contribution in [0.25, 0.3) is 22.3 Å². The fourth-order valence-electron chi connectivity index (χ4n) is 6.13. The summed E-state index contributed by atoms with van der Waals surface area (Å²) < 4.78 is 21.8. The largest absolute Gasteiger partial charge is 0.458 e. The molecule has 0 saturated heterocycles. The lowest BCUT2D eigenvalue weighted by atomic mass is 9.86. The molecule has 2 atom stereocenters. The number of aliphatic hydroxyl groups is 2. The van der Waals surface area contributed by atoms with Gasteiger partial charge >= 0.3 is 5.97 Å². The summed E-state index contributed by atoms with van der Waals surface area (Å²) in [6.45, 7) is 4.06. The molecule has 0 saturated carbocycles. The van der Waals surface area contributed by atoms with Crippen molar-refractivity contribution < 1.29 is 24.1 Å². The predicted molar refractivity (Wildman–Crippen MR) is 130 cm³/mol. The van der Waals surface area contributed by atoms with Crippen LogP contribution < -0.4 is 10.9 Å². The second-order valence-electron chi connectivity index (χ2n) is 9.99. The zero-order valence-corrected chi connectivity index (χ0v) is 20.3. The van der Waals surface area contributed by atoms with Crippen LogP contribution in [0.5, 0.6) is 0 Å². The van der Waals surface area contributed by atoms with Gasteiger partial charge in [0.05, 0.1) is 35.6 Å². The molecule has 6 rings (SSSR count). The summed E-state index contributed by atoms with van der Waals surface area (Å²) in [5.74, 6) is -1.08. The first-order chi connectivity index (χ1) is 17.3. The summed E-state index contributed by atoms with van der Waals surface area (Å²) in [5, 5.41) is 24.8. The van der Waals surface area contributed by atoms with Gasteiger partial charge in [0.25, 0.3) is 5.56 Å². The van der Waals surface area contributed by atoms with Gasteiger partial charge in [-0.2, -0.15) is 0 Å². The Morgan fingerprint density at radius 2 is 2.06 bits per heavy atom. The quantitative estimate of drug-likeness (QED) is 0.373. The third-order valence-corrected chi connectivity index (χ3v) is 8.16. The van der Waals surface area contributed by atoms with E-state index in [0.29, 0.717) is 48.4 Å². The molecule has 0 amide bonds. The van der Waals surface area contributed by atoms with Crippen molar-refractivity contribution in [3.63, 3.8) is 0 Å². The van der Waals surface area contributed by atoms with Gasteiger partial charge in [0, 0.05) is 35.2 Å². The normalized spacial score (nSPS) is 22.1. The molecule has 0 fully saturated rings. The zero-order chi connectivity index (χ0) is 25.4. The molecule has 1 aliphatic carbocycles. The molecule has 8 nitrogen and oxygen atoms in total. The lowest BCUT2D eigenvalue weighted by Crippen LogP contribution is -2.44. The molecule has 3 aliphatic rings. The minimum Gasteiger partial charge on any atom is -0.458 e. The van der Waals surface area contributed by atoms with E-state index < -0.39 is 11.6 Å². The zero-order valence-electron chi connectivity index (χ0n) is 20.3. The number of carbonyl (C=O) groups excluding carboxylic acids is 1. The van der Waals surface area contributed by atoms with E-state index in [1.807, 2.05) is 0 Å². The number of halogens is 1. The van der Waals surface area contributed by atoms with Crippen LogP contribution in [-0.4, -0.2) is 44.9 Å². The smallest absolute Gasteiger partial charge is 0.343 e. The van der Waals surface area contributed by atoms with Gasteiger partial charge in [-0.05, 0) is 55.4 Å². The van der Waals surface area contributed by atoms with Crippen LogP contribution in [0, 0.1) is 12.7 Å². The summed E-state index contributed by atoms with van der Waals surface area (Å²) in [6.07, 6.45) is 2.19. The molecule has 3 aromatic rings. The van der Waals surface area contributed by atoms with Crippen LogP contribution in [0.2, 0.25) is 0 Å². The summed E-state index contributed by atoms with van der Waals surface area (Å²) in [5.41, 5.74) is 3.42. The Hall–Kier alpha value is -3.14. The molecule has 188 valence electrons. The number of ether oxygens (including phenoxy) is 1. The van der Waals surface area contributed by atoms with Gasteiger partial charge in [-0.25, -0.2) is 14.2 Å². The molecule has 0 bridgehead atoms. The minimum atomic E-state index is -1.90. The SMILES string of the molecule is CC[C@@]1(O)C(=O)OCc2c1cc1n(c2=O)Cc2c-1nc1cc(F)c(C)c3c1c2CC(NCCO)CC3. The fraction of sp³-hybridized carbons (Fsp3) is 0.444. The second kappa shape index (κ2) is 8.19. The van der Waals surface area contributed by atoms with E-state index in [4.69, 9.17) is 9.72 Å². The molecule has 0 spiro atoms. The van der Waals surface area contributed by atoms with Crippen molar-refractivity contribution in [1.29, 1.82) is 0 Å². The maximum Gasteiger partial charge on any atom is 0.343 e. The van der Waals surface area contributed by atoms with E-state index in [9.17, 15) is 24.2 Å². The van der Waals surface area contributed by atoms with Gasteiger partial charge < -0.3 is 24.8 Å². The van der Waals surface area contributed by atoms with Crippen LogP contribution in [0.3, 0.4) is 0 Å². The topological polar surface area (TPSA) is 114 Å². The summed E-state index contributed by atoms with van der Waals surface area (Å²) in [6, 6.07) is 3.21. The molecule has 4 heterocycles. The van der Waals surface area contributed by atoms with E-state index in [-0.39, 0.29) is 48.2 Å². The van der Waals surface area contributed by atoms with Crippen LogP contribution in [0.4, 0.5) is 4.39 Å². The van der Waals surface area contributed by atoms with Crippen LogP contribution in [-0.2, 0) is 41.1 Å². The van der Waals surface area contributed by atoms with Crippen LogP contribution in [0.1, 0.15) is 53.1 Å². The third kappa shape index (κ3) is 3.12. The number of aryl methyl sites for hydroxylation is 1. The average molecular weight is 494 g/mol. The first kappa shape index (κ1) is 23.3. The maximum absolute atomic E-state index is 15.0. The van der Waals surface area contributed by atoms with E-state index in [0.717, 1.165) is 28.5 Å². The maximum atomic E-state index is 15.0. The Morgan fingerprint density at radius 1 is 1.25 bits per heavy atom. The Kier molecular flexibility index (Phi) is 5.30. The number of nitrogens with one attached hydrogen (secondary N) is 1. The van der Waals surface area contributed by atoms with E-state index in [1.165, 1.54) is 6.07 Å². The molecule has 9 heteroatoms. The van der Waals surface area contributed by atoms with Gasteiger partial charge in [-0.15, -0.1) is 0 Å². The van der Waals surface area contributed by atoms with E-state index in [1.54, 1.807) is 24.5 Å². The molecule has 2 aromatic heterocycles. The first-order valence-corrected chi connectivity index (χ1v) is 12.4. The molecule has 1 aromatic carbocycles. The molecular weight excluding hydrogens is 465 g/mol. The molecule has 0 radical (unpaired) electrons. The highest BCUT2D eigenvalue weighted by molar-refractivity contribution is 5.92. The number of cyclic esters (lactones) is 1. The van der Waals surface area contributed by atoms with Gasteiger partial charge in [0.15, 0.2) is 5.60 Å². The van der Waals surface area contributed by atoms with Crippen molar-refractivity contribution in [3.8, 4) is 11.4 Å². The molecule has 2 aliphatic heterocycles. The van der Waals surface area contributed by atoms with Crippen molar-refractivity contribution in [2.75, 3.05) is 13.2 Å². The van der Waals surface area contributed by atoms with Gasteiger partial charge in [0.1, 0.15) is 12.4 Å². The van der Waals surface area contributed by atoms with E-state index >= 15 is 0 Å². The lowest BCUT2D eigenvalue weighted by Gasteiger charge is -2.31. The van der Waals surface area contributed by atoms with Crippen molar-refractivity contribution in [2.24, 2.45) is 0 Å². The summed E-state index contributed by atoms with van der Waals surface area (Å²) in [4.78, 5) is 30.9. The molecular formula is C27H28FN3O5. The number of benzene rings is 1. The Bertz CT molecular complexity index is 1510. The van der Waals surface area contributed by atoms with Crippen molar-refractivity contribution in [1.82, 2.24) is 14.9 Å². The minimum absolute atomic E-state index is 0.0223. The number of nitrogens with zero attached hydrogens (tertiary/aromatic N) is 2. The number of esters is 1. The Morgan fingerprint density at radius 3 is 2.81 bits per heavy atom. The highest BCUT2D eigenvalue weighted by Crippen LogP contribution is 2.42. The number of hydrogen-bond donors (Lipinski definition) is 3. The van der Waals surface area contributed by atoms with E-state index in [2.05, 4.69) is 5.32 Å². The third-order valence-electron chi connectivity index (χ3n) is 8.16. The second-order valence-corrected chi connectivity index (χ2v) is 9.99. The number of hydrogen-bond acceptors (Lipinski definition) is 7. The fourth-order valence-corrected chi connectivity index (χ4v) is 6.13. The van der Waals surface area contributed by atoms with Crippen molar-refractivity contribution in [2.45, 2.75) is 64.3 Å². The average Bonchev–Trinajstić information content (AvgIpc) is 3.12. The number of aliphatic hydroxyl groups excluding tert-OH is 1. The highest BCUT2D eigenvalue weighted by atomic mass is 19.1. The number of pyridine rings is 2. The molecule has 36 heavy (non-hydrogen) atoms. The standard InChI is InChI=1S/C27H28FN3O5/c1-3-27(35)19-9-22-24-17(11-31(22)25(33)18(19)12-36-26(27)34)16-8-14(29-6-7-32)4-5-15-13(2)20(28)10-21(30-24)23(15)16/h9-10,14,29,32,35H,3-8,11-12H2,1-2H3/t14?,27-/m0/s1. The van der Waals surface area contributed by atoms with Crippen molar-refractivity contribution in [3.05, 3.63) is 61.7 Å². The van der Waals surface area contributed by atoms with Gasteiger partial charge in [-0.1, -0.05) is 6.92 Å². The Balaban J connectivity index is 1.62. The number of fused-ring (bicyclic) bond motifs is 5. The molecule has 3 N–H and O–H groups in total. The van der Waals surface area contributed by atoms with Crippen molar-refractivity contribution >= 4 is 16.9 Å². The summed E-state index contributed by atoms with van der Waals surface area (Å²) >= 11 is 0.